The van der Waals surface area contributed by atoms with E-state index in [2.05, 4.69) is 6.92 Å². The quantitative estimate of drug-likeness (QED) is 0.546. The number of esters is 1. The van der Waals surface area contributed by atoms with Crippen molar-refractivity contribution in [3.63, 3.8) is 0 Å². The van der Waals surface area contributed by atoms with Gasteiger partial charge < -0.3 is 9.64 Å². The summed E-state index contributed by atoms with van der Waals surface area (Å²) >= 11 is 0. The molecule has 98 valence electrons. The van der Waals surface area contributed by atoms with Crippen LogP contribution in [0.3, 0.4) is 0 Å². The van der Waals surface area contributed by atoms with Gasteiger partial charge in [-0.1, -0.05) is 19.8 Å². The summed E-state index contributed by atoms with van der Waals surface area (Å²) in [7, 11) is 1.41. The smallest absolute Gasteiger partial charge is 0.310 e. The minimum atomic E-state index is -0.184. The molecule has 4 nitrogen and oxygen atoms in total. The van der Waals surface area contributed by atoms with Gasteiger partial charge in [-0.25, -0.2) is 0 Å². The summed E-state index contributed by atoms with van der Waals surface area (Å²) in [4.78, 5) is 25.2. The van der Waals surface area contributed by atoms with E-state index in [1.165, 1.54) is 7.11 Å². The number of methoxy groups -OCH3 is 1. The summed E-state index contributed by atoms with van der Waals surface area (Å²) in [5.41, 5.74) is 0. The Labute approximate surface area is 103 Å². The number of unbranched alkanes of at least 4 members (excludes halogenated alkanes) is 2. The third-order valence-corrected chi connectivity index (χ3v) is 3.30. The molecule has 0 aromatic rings. The number of nitrogens with zero attached hydrogens (tertiary/aromatic N) is 1. The molecule has 1 aliphatic heterocycles. The van der Waals surface area contributed by atoms with Gasteiger partial charge in [-0.3, -0.25) is 9.59 Å². The van der Waals surface area contributed by atoms with Crippen molar-refractivity contribution in [1.82, 2.24) is 4.90 Å². The molecule has 1 rings (SSSR count). The zero-order valence-corrected chi connectivity index (χ0v) is 10.9. The molecule has 0 spiro atoms. The molecule has 1 fully saturated rings. The normalized spacial score (nSPS) is 20.1. The fourth-order valence-electron chi connectivity index (χ4n) is 2.25. The number of carbonyl (C=O) groups excluding carboxylic acids is 2. The van der Waals surface area contributed by atoms with E-state index < -0.39 is 0 Å². The topological polar surface area (TPSA) is 46.6 Å². The highest BCUT2D eigenvalue weighted by molar-refractivity contribution is 5.78. The first-order chi connectivity index (χ1) is 8.19. The van der Waals surface area contributed by atoms with E-state index in [1.807, 2.05) is 4.90 Å². The second-order valence-corrected chi connectivity index (χ2v) is 4.66. The van der Waals surface area contributed by atoms with Crippen LogP contribution in [0.5, 0.6) is 0 Å². The molecule has 1 atom stereocenters. The highest BCUT2D eigenvalue weighted by atomic mass is 16.5. The maximum Gasteiger partial charge on any atom is 0.310 e. The van der Waals surface area contributed by atoms with Crippen molar-refractivity contribution < 1.29 is 14.3 Å². The Bertz CT molecular complexity index is 265. The van der Waals surface area contributed by atoms with E-state index in [9.17, 15) is 9.59 Å². The maximum absolute atomic E-state index is 11.9. The van der Waals surface area contributed by atoms with Crippen molar-refractivity contribution in [2.45, 2.75) is 45.4 Å². The third-order valence-electron chi connectivity index (χ3n) is 3.30. The Morgan fingerprint density at radius 1 is 1.35 bits per heavy atom. The van der Waals surface area contributed by atoms with Crippen molar-refractivity contribution in [3.8, 4) is 0 Å². The number of rotatable bonds is 5. The van der Waals surface area contributed by atoms with Gasteiger partial charge in [0.15, 0.2) is 0 Å². The van der Waals surface area contributed by atoms with Crippen LogP contribution in [0, 0.1) is 5.92 Å². The van der Waals surface area contributed by atoms with Gasteiger partial charge in [-0.2, -0.15) is 0 Å². The summed E-state index contributed by atoms with van der Waals surface area (Å²) in [6.45, 7) is 3.45. The molecule has 0 bridgehead atoms. The third kappa shape index (κ3) is 4.36. The van der Waals surface area contributed by atoms with Crippen LogP contribution >= 0.6 is 0 Å². The molecular weight excluding hydrogens is 218 g/mol. The fourth-order valence-corrected chi connectivity index (χ4v) is 2.25. The van der Waals surface area contributed by atoms with Crippen molar-refractivity contribution >= 4 is 11.9 Å². The van der Waals surface area contributed by atoms with Crippen molar-refractivity contribution in [3.05, 3.63) is 0 Å². The Morgan fingerprint density at radius 2 is 2.12 bits per heavy atom. The predicted molar refractivity (Wildman–Crippen MR) is 65.5 cm³/mol. The standard InChI is InChI=1S/C13H23NO3/c1-3-4-5-8-12(15)14-9-6-7-11(10-14)13(16)17-2/h11H,3-10H2,1-2H3/t11-/m0/s1. The van der Waals surface area contributed by atoms with E-state index in [1.54, 1.807) is 0 Å². The van der Waals surface area contributed by atoms with E-state index in [0.717, 1.165) is 38.6 Å². The summed E-state index contributed by atoms with van der Waals surface area (Å²) in [6, 6.07) is 0. The van der Waals surface area contributed by atoms with Gasteiger partial charge in [0, 0.05) is 19.5 Å². The summed E-state index contributed by atoms with van der Waals surface area (Å²) < 4.78 is 4.74. The van der Waals surface area contributed by atoms with E-state index in [-0.39, 0.29) is 17.8 Å². The molecule has 0 aromatic heterocycles. The van der Waals surface area contributed by atoms with Gasteiger partial charge >= 0.3 is 5.97 Å². The van der Waals surface area contributed by atoms with Gasteiger partial charge in [0.25, 0.3) is 0 Å². The van der Waals surface area contributed by atoms with Crippen LogP contribution in [0.4, 0.5) is 0 Å². The van der Waals surface area contributed by atoms with Crippen molar-refractivity contribution in [2.75, 3.05) is 20.2 Å². The first-order valence-electron chi connectivity index (χ1n) is 6.54. The first-order valence-corrected chi connectivity index (χ1v) is 6.54. The number of hydrogen-bond acceptors (Lipinski definition) is 3. The second-order valence-electron chi connectivity index (χ2n) is 4.66. The molecule has 1 amide bonds. The summed E-state index contributed by atoms with van der Waals surface area (Å²) in [6.07, 6.45) is 5.53. The molecule has 1 saturated heterocycles. The average molecular weight is 241 g/mol. The zero-order chi connectivity index (χ0) is 12.7. The van der Waals surface area contributed by atoms with Crippen LogP contribution in [-0.2, 0) is 14.3 Å². The molecule has 4 heteroatoms. The van der Waals surface area contributed by atoms with E-state index >= 15 is 0 Å². The Balaban J connectivity index is 2.37. The lowest BCUT2D eigenvalue weighted by Gasteiger charge is -2.31. The van der Waals surface area contributed by atoms with Crippen LogP contribution in [0.2, 0.25) is 0 Å². The predicted octanol–water partition coefficient (Wildman–Crippen LogP) is 1.98. The fraction of sp³-hybridized carbons (Fsp3) is 0.846. The van der Waals surface area contributed by atoms with Crippen molar-refractivity contribution in [2.24, 2.45) is 5.92 Å². The summed E-state index contributed by atoms with van der Waals surface area (Å²) in [5, 5.41) is 0. The number of ether oxygens (including phenoxy) is 1. The van der Waals surface area contributed by atoms with Gasteiger partial charge in [0.05, 0.1) is 13.0 Å². The molecule has 17 heavy (non-hydrogen) atoms. The molecule has 0 aliphatic carbocycles. The van der Waals surface area contributed by atoms with E-state index in [4.69, 9.17) is 4.74 Å². The molecule has 0 aromatic carbocycles. The Morgan fingerprint density at radius 3 is 2.76 bits per heavy atom. The lowest BCUT2D eigenvalue weighted by Crippen LogP contribution is -2.42. The Hall–Kier alpha value is -1.06. The highest BCUT2D eigenvalue weighted by Gasteiger charge is 2.28. The SMILES string of the molecule is CCCCCC(=O)N1CCC[C@H](C(=O)OC)C1. The molecule has 0 unspecified atom stereocenters. The minimum absolute atomic E-state index is 0.121. The number of piperidine rings is 1. The summed E-state index contributed by atoms with van der Waals surface area (Å²) in [5.74, 6) is -0.119. The van der Waals surface area contributed by atoms with Gasteiger partial charge in [0.2, 0.25) is 5.91 Å². The van der Waals surface area contributed by atoms with Gasteiger partial charge in [0.1, 0.15) is 0 Å². The Kier molecular flexibility index (Phi) is 6.01. The molecule has 0 N–H and O–H groups in total. The van der Waals surface area contributed by atoms with Crippen LogP contribution in [0.1, 0.15) is 45.4 Å². The van der Waals surface area contributed by atoms with Crippen LogP contribution in [-0.4, -0.2) is 37.0 Å². The molecule has 0 radical (unpaired) electrons. The molecule has 1 heterocycles. The lowest BCUT2D eigenvalue weighted by molar-refractivity contribution is -0.149. The monoisotopic (exact) mass is 241 g/mol. The van der Waals surface area contributed by atoms with Gasteiger partial charge in [-0.15, -0.1) is 0 Å². The molecular formula is C13H23NO3. The average Bonchev–Trinajstić information content (AvgIpc) is 2.38. The second kappa shape index (κ2) is 7.30. The zero-order valence-electron chi connectivity index (χ0n) is 10.9. The molecule has 1 aliphatic rings. The largest absolute Gasteiger partial charge is 0.469 e. The number of carbonyl (C=O) groups is 2. The van der Waals surface area contributed by atoms with E-state index in [0.29, 0.717) is 13.0 Å². The number of amides is 1. The van der Waals surface area contributed by atoms with Crippen LogP contribution in [0.25, 0.3) is 0 Å². The van der Waals surface area contributed by atoms with Gasteiger partial charge in [-0.05, 0) is 19.3 Å². The minimum Gasteiger partial charge on any atom is -0.469 e. The highest BCUT2D eigenvalue weighted by Crippen LogP contribution is 2.18. The molecule has 0 saturated carbocycles. The number of likely N-dealkylation sites (tertiary alicyclic amines) is 1. The van der Waals surface area contributed by atoms with Crippen LogP contribution < -0.4 is 0 Å². The van der Waals surface area contributed by atoms with Crippen LogP contribution in [0.15, 0.2) is 0 Å². The first kappa shape index (κ1) is 14.0. The van der Waals surface area contributed by atoms with Crippen molar-refractivity contribution in [1.29, 1.82) is 0 Å². The number of hydrogen-bond donors (Lipinski definition) is 0. The lowest BCUT2D eigenvalue weighted by atomic mass is 9.98. The maximum atomic E-state index is 11.9.